The van der Waals surface area contributed by atoms with Crippen LogP contribution in [0.25, 0.3) is 11.0 Å². The molecule has 27 heavy (non-hydrogen) atoms. The molecule has 3 N–H and O–H groups in total. The molecule has 1 heterocycles. The Labute approximate surface area is 158 Å². The summed E-state index contributed by atoms with van der Waals surface area (Å²) >= 11 is 0. The molecule has 0 saturated heterocycles. The molecule has 0 aliphatic heterocycles. The number of aliphatic hydroxyl groups is 3. The van der Waals surface area contributed by atoms with E-state index < -0.39 is 29.9 Å². The normalized spacial score (nSPS) is 14.1. The minimum Gasteiger partial charge on any atom is -0.394 e. The SMILES string of the molecule is Cc1cc2c(cc1C)n(CC(O)CC(O)CO)c(=O)c(=O)n2CCC(C)C. The van der Waals surface area contributed by atoms with E-state index in [0.717, 1.165) is 17.5 Å². The Hall–Kier alpha value is -1.96. The molecule has 7 heteroatoms. The molecule has 7 nitrogen and oxygen atoms in total. The number of hydrogen-bond donors (Lipinski definition) is 3. The molecule has 2 atom stereocenters. The van der Waals surface area contributed by atoms with Gasteiger partial charge in [0.15, 0.2) is 0 Å². The zero-order chi connectivity index (χ0) is 20.3. The van der Waals surface area contributed by atoms with Crippen LogP contribution in [0.1, 0.15) is 37.8 Å². The van der Waals surface area contributed by atoms with Crippen LogP contribution in [0.4, 0.5) is 0 Å². The van der Waals surface area contributed by atoms with Gasteiger partial charge in [-0.05, 0) is 49.4 Å². The number of aromatic nitrogens is 2. The van der Waals surface area contributed by atoms with E-state index in [2.05, 4.69) is 13.8 Å². The van der Waals surface area contributed by atoms with Crippen molar-refractivity contribution in [3.8, 4) is 0 Å². The Balaban J connectivity index is 2.62. The molecule has 0 aliphatic rings. The summed E-state index contributed by atoms with van der Waals surface area (Å²) in [6, 6.07) is 3.75. The van der Waals surface area contributed by atoms with E-state index in [0.29, 0.717) is 23.5 Å². The first kappa shape index (κ1) is 21.3. The van der Waals surface area contributed by atoms with Crippen molar-refractivity contribution in [3.05, 3.63) is 44.0 Å². The molecule has 0 saturated carbocycles. The molecule has 0 fully saturated rings. The van der Waals surface area contributed by atoms with Crippen LogP contribution in [0.2, 0.25) is 0 Å². The average Bonchev–Trinajstić information content (AvgIpc) is 2.60. The lowest BCUT2D eigenvalue weighted by Crippen LogP contribution is -2.43. The summed E-state index contributed by atoms with van der Waals surface area (Å²) in [6.45, 7) is 7.88. The van der Waals surface area contributed by atoms with Crippen molar-refractivity contribution in [1.29, 1.82) is 0 Å². The second-order valence-corrected chi connectivity index (χ2v) is 7.71. The van der Waals surface area contributed by atoms with E-state index in [1.165, 1.54) is 9.13 Å². The summed E-state index contributed by atoms with van der Waals surface area (Å²) < 4.78 is 2.81. The summed E-state index contributed by atoms with van der Waals surface area (Å²) in [5, 5.41) is 28.7. The Kier molecular flexibility index (Phi) is 6.97. The van der Waals surface area contributed by atoms with Gasteiger partial charge in [0.05, 0.1) is 36.4 Å². The first-order valence-electron chi connectivity index (χ1n) is 9.37. The number of nitrogens with zero attached hydrogens (tertiary/aromatic N) is 2. The van der Waals surface area contributed by atoms with Gasteiger partial charge in [0.25, 0.3) is 0 Å². The molecule has 1 aromatic carbocycles. The third kappa shape index (κ3) is 4.86. The molecule has 2 aromatic rings. The van der Waals surface area contributed by atoms with E-state index in [1.54, 1.807) is 0 Å². The van der Waals surface area contributed by atoms with Gasteiger partial charge in [-0.3, -0.25) is 14.2 Å². The largest absolute Gasteiger partial charge is 0.394 e. The Morgan fingerprint density at radius 3 is 1.96 bits per heavy atom. The predicted octanol–water partition coefficient (Wildman–Crippen LogP) is 0.930. The molecular weight excluding hydrogens is 348 g/mol. The van der Waals surface area contributed by atoms with E-state index in [4.69, 9.17) is 5.11 Å². The van der Waals surface area contributed by atoms with Gasteiger partial charge in [0.2, 0.25) is 0 Å². The van der Waals surface area contributed by atoms with Crippen molar-refractivity contribution in [1.82, 2.24) is 9.13 Å². The van der Waals surface area contributed by atoms with Crippen molar-refractivity contribution < 1.29 is 15.3 Å². The molecule has 0 amide bonds. The molecular formula is C20H30N2O5. The standard InChI is InChI=1S/C20H30N2O5/c1-12(2)5-6-21-17-7-13(3)14(4)8-18(17)22(20(27)19(21)26)10-15(24)9-16(25)11-23/h7-8,12,15-16,23-25H,5-6,9-11H2,1-4H3. The van der Waals surface area contributed by atoms with Crippen LogP contribution in [-0.4, -0.2) is 43.3 Å². The molecule has 0 spiro atoms. The Morgan fingerprint density at radius 1 is 0.926 bits per heavy atom. The highest BCUT2D eigenvalue weighted by molar-refractivity contribution is 5.77. The minimum absolute atomic E-state index is 0.0777. The minimum atomic E-state index is -1.07. The van der Waals surface area contributed by atoms with Crippen molar-refractivity contribution >= 4 is 11.0 Å². The van der Waals surface area contributed by atoms with E-state index in [-0.39, 0.29) is 13.0 Å². The van der Waals surface area contributed by atoms with Gasteiger partial charge in [0, 0.05) is 13.0 Å². The van der Waals surface area contributed by atoms with Gasteiger partial charge in [-0.15, -0.1) is 0 Å². The maximum atomic E-state index is 12.7. The second kappa shape index (κ2) is 8.82. The van der Waals surface area contributed by atoms with E-state index in [9.17, 15) is 19.8 Å². The maximum Gasteiger partial charge on any atom is 0.317 e. The third-order valence-electron chi connectivity index (χ3n) is 4.92. The van der Waals surface area contributed by atoms with Crippen LogP contribution in [0.3, 0.4) is 0 Å². The Morgan fingerprint density at radius 2 is 1.44 bits per heavy atom. The number of aryl methyl sites for hydroxylation is 3. The van der Waals surface area contributed by atoms with Crippen LogP contribution in [0.5, 0.6) is 0 Å². The highest BCUT2D eigenvalue weighted by atomic mass is 16.3. The van der Waals surface area contributed by atoms with Crippen molar-refractivity contribution in [2.75, 3.05) is 6.61 Å². The zero-order valence-corrected chi connectivity index (χ0v) is 16.5. The van der Waals surface area contributed by atoms with Crippen molar-refractivity contribution in [2.24, 2.45) is 5.92 Å². The fourth-order valence-corrected chi connectivity index (χ4v) is 3.13. The van der Waals surface area contributed by atoms with Gasteiger partial charge in [-0.2, -0.15) is 0 Å². The van der Waals surface area contributed by atoms with Crippen LogP contribution < -0.4 is 11.1 Å². The summed E-state index contributed by atoms with van der Waals surface area (Å²) in [6.07, 6.45) is -1.43. The van der Waals surface area contributed by atoms with Crippen LogP contribution in [0, 0.1) is 19.8 Å². The molecule has 0 bridgehead atoms. The highest BCUT2D eigenvalue weighted by Crippen LogP contribution is 2.19. The fourth-order valence-electron chi connectivity index (χ4n) is 3.13. The molecule has 0 aliphatic carbocycles. The first-order chi connectivity index (χ1) is 12.6. The monoisotopic (exact) mass is 378 g/mol. The van der Waals surface area contributed by atoms with Gasteiger partial charge < -0.3 is 19.9 Å². The van der Waals surface area contributed by atoms with Gasteiger partial charge in [-0.25, -0.2) is 0 Å². The highest BCUT2D eigenvalue weighted by Gasteiger charge is 2.18. The fraction of sp³-hybridized carbons (Fsp3) is 0.600. The number of hydrogen-bond acceptors (Lipinski definition) is 5. The predicted molar refractivity (Wildman–Crippen MR) is 105 cm³/mol. The van der Waals surface area contributed by atoms with Gasteiger partial charge in [0.1, 0.15) is 0 Å². The lowest BCUT2D eigenvalue weighted by Gasteiger charge is -2.20. The molecule has 2 rings (SSSR count). The molecule has 2 unspecified atom stereocenters. The summed E-state index contributed by atoms with van der Waals surface area (Å²) in [5.74, 6) is 0.391. The molecule has 0 radical (unpaired) electrons. The summed E-state index contributed by atoms with van der Waals surface area (Å²) in [7, 11) is 0. The lowest BCUT2D eigenvalue weighted by molar-refractivity contribution is 0.0358. The van der Waals surface area contributed by atoms with Crippen LogP contribution >= 0.6 is 0 Å². The van der Waals surface area contributed by atoms with Gasteiger partial charge in [-0.1, -0.05) is 13.8 Å². The Bertz CT molecular complexity index is 913. The number of rotatable bonds is 8. The van der Waals surface area contributed by atoms with E-state index in [1.807, 2.05) is 26.0 Å². The quantitative estimate of drug-likeness (QED) is 0.593. The van der Waals surface area contributed by atoms with Crippen LogP contribution in [0.15, 0.2) is 21.7 Å². The number of fused-ring (bicyclic) bond motifs is 1. The maximum absolute atomic E-state index is 12.7. The topological polar surface area (TPSA) is 105 Å². The number of aliphatic hydroxyl groups excluding tert-OH is 3. The zero-order valence-electron chi connectivity index (χ0n) is 16.5. The van der Waals surface area contributed by atoms with Crippen molar-refractivity contribution in [2.45, 2.75) is 65.8 Å². The average molecular weight is 378 g/mol. The molecule has 1 aromatic heterocycles. The summed E-state index contributed by atoms with van der Waals surface area (Å²) in [5.41, 5.74) is 1.95. The lowest BCUT2D eigenvalue weighted by atomic mass is 10.1. The number of benzene rings is 1. The van der Waals surface area contributed by atoms with Crippen LogP contribution in [-0.2, 0) is 13.1 Å². The van der Waals surface area contributed by atoms with E-state index >= 15 is 0 Å². The molecule has 150 valence electrons. The first-order valence-corrected chi connectivity index (χ1v) is 9.37. The second-order valence-electron chi connectivity index (χ2n) is 7.71. The van der Waals surface area contributed by atoms with Gasteiger partial charge >= 0.3 is 11.1 Å². The third-order valence-corrected chi connectivity index (χ3v) is 4.92. The summed E-state index contributed by atoms with van der Waals surface area (Å²) in [4.78, 5) is 25.5. The van der Waals surface area contributed by atoms with Crippen molar-refractivity contribution in [3.63, 3.8) is 0 Å². The smallest absolute Gasteiger partial charge is 0.317 e.